The molecule has 2 aromatic rings. The largest absolute Gasteiger partial charge is 0.352 e. The summed E-state index contributed by atoms with van der Waals surface area (Å²) >= 11 is 13.1. The van der Waals surface area contributed by atoms with Crippen LogP contribution in [0.2, 0.25) is 9.36 Å². The molecule has 3 rings (SSSR count). The molecule has 0 spiro atoms. The molecule has 0 aliphatic heterocycles. The second-order valence-corrected chi connectivity index (χ2v) is 8.96. The van der Waals surface area contributed by atoms with Gasteiger partial charge in [-0.3, -0.25) is 14.5 Å². The minimum Gasteiger partial charge on any atom is -0.352 e. The predicted octanol–water partition coefficient (Wildman–Crippen LogP) is 5.16. The number of carbonyl (C=O) groups excluding carboxylic acids is 2. The van der Waals surface area contributed by atoms with E-state index in [4.69, 9.17) is 23.2 Å². The van der Waals surface area contributed by atoms with Crippen LogP contribution in [-0.2, 0) is 4.79 Å². The van der Waals surface area contributed by atoms with E-state index >= 15 is 0 Å². The highest BCUT2D eigenvalue weighted by atomic mass is 35.5. The predicted molar refractivity (Wildman–Crippen MR) is 115 cm³/mol. The number of aryl methyl sites for hydroxylation is 2. The number of amides is 2. The van der Waals surface area contributed by atoms with Gasteiger partial charge >= 0.3 is 0 Å². The van der Waals surface area contributed by atoms with Crippen molar-refractivity contribution in [3.63, 3.8) is 0 Å². The summed E-state index contributed by atoms with van der Waals surface area (Å²) in [7, 11) is 0. The molecule has 150 valence electrons. The topological polar surface area (TPSA) is 62.3 Å². The first-order chi connectivity index (χ1) is 13.4. The lowest BCUT2D eigenvalue weighted by molar-refractivity contribution is -0.120. The third-order valence-corrected chi connectivity index (χ3v) is 6.58. The number of aromatic nitrogens is 1. The summed E-state index contributed by atoms with van der Waals surface area (Å²) < 4.78 is 4.35. The fourth-order valence-electron chi connectivity index (χ4n) is 3.46. The Morgan fingerprint density at radius 2 is 1.93 bits per heavy atom. The zero-order chi connectivity index (χ0) is 20.3. The summed E-state index contributed by atoms with van der Waals surface area (Å²) in [5.74, 6) is -0.612. The molecule has 0 unspecified atom stereocenters. The van der Waals surface area contributed by atoms with Crippen molar-refractivity contribution in [3.8, 4) is 0 Å². The van der Waals surface area contributed by atoms with E-state index in [9.17, 15) is 9.59 Å². The quantitative estimate of drug-likeness (QED) is 0.699. The maximum atomic E-state index is 13.2. The highest BCUT2D eigenvalue weighted by Gasteiger charge is 2.28. The SMILES string of the molecule is Cc1ccc(C)c(N(CC(=O)NC2CCCCC2)C(=O)c2nsc(Cl)c2Cl)c1. The van der Waals surface area contributed by atoms with Crippen LogP contribution in [0.4, 0.5) is 5.69 Å². The number of anilines is 1. The average Bonchev–Trinajstić information content (AvgIpc) is 3.01. The van der Waals surface area contributed by atoms with E-state index in [0.29, 0.717) is 5.69 Å². The van der Waals surface area contributed by atoms with Crippen LogP contribution in [0.1, 0.15) is 53.7 Å². The van der Waals surface area contributed by atoms with E-state index in [1.807, 2.05) is 32.0 Å². The van der Waals surface area contributed by atoms with Crippen molar-refractivity contribution in [2.75, 3.05) is 11.4 Å². The monoisotopic (exact) mass is 439 g/mol. The molecule has 1 aliphatic carbocycles. The molecule has 1 aliphatic rings. The van der Waals surface area contributed by atoms with Gasteiger partial charge in [-0.25, -0.2) is 0 Å². The van der Waals surface area contributed by atoms with Gasteiger partial charge < -0.3 is 5.32 Å². The Kier molecular flexibility index (Phi) is 6.96. The van der Waals surface area contributed by atoms with Crippen LogP contribution >= 0.6 is 34.7 Å². The maximum absolute atomic E-state index is 13.2. The summed E-state index contributed by atoms with van der Waals surface area (Å²) in [5, 5.41) is 3.19. The van der Waals surface area contributed by atoms with Crippen molar-refractivity contribution < 1.29 is 9.59 Å². The summed E-state index contributed by atoms with van der Waals surface area (Å²) in [6.45, 7) is 3.76. The lowest BCUT2D eigenvalue weighted by Crippen LogP contribution is -2.45. The van der Waals surface area contributed by atoms with E-state index in [2.05, 4.69) is 9.69 Å². The second-order valence-electron chi connectivity index (χ2n) is 7.20. The van der Waals surface area contributed by atoms with Gasteiger partial charge in [0.05, 0.1) is 0 Å². The molecule has 28 heavy (non-hydrogen) atoms. The number of nitrogens with one attached hydrogen (secondary N) is 1. The van der Waals surface area contributed by atoms with Gasteiger partial charge in [0.1, 0.15) is 15.9 Å². The van der Waals surface area contributed by atoms with Gasteiger partial charge in [-0.2, -0.15) is 4.37 Å². The van der Waals surface area contributed by atoms with Crippen molar-refractivity contribution in [2.45, 2.75) is 52.0 Å². The third kappa shape index (κ3) is 4.85. The first-order valence-electron chi connectivity index (χ1n) is 9.36. The fourth-order valence-corrected chi connectivity index (χ4v) is 4.45. The van der Waals surface area contributed by atoms with Crippen molar-refractivity contribution >= 4 is 52.2 Å². The first kappa shape index (κ1) is 21.1. The van der Waals surface area contributed by atoms with E-state index in [1.165, 1.54) is 11.3 Å². The standard InChI is InChI=1S/C20H23Cl2N3O2S/c1-12-8-9-13(2)15(10-12)25(20(27)18-17(21)19(22)28-24-18)11-16(26)23-14-6-4-3-5-7-14/h8-10,14H,3-7,11H2,1-2H3,(H,23,26). The highest BCUT2D eigenvalue weighted by molar-refractivity contribution is 7.11. The second kappa shape index (κ2) is 9.25. The van der Waals surface area contributed by atoms with Crippen LogP contribution in [0, 0.1) is 13.8 Å². The molecular weight excluding hydrogens is 417 g/mol. The normalized spacial score (nSPS) is 14.7. The summed E-state index contributed by atoms with van der Waals surface area (Å²) in [6, 6.07) is 5.97. The number of rotatable bonds is 5. The molecule has 1 aromatic heterocycles. The van der Waals surface area contributed by atoms with Crippen molar-refractivity contribution in [1.29, 1.82) is 0 Å². The molecular formula is C20H23Cl2N3O2S. The average molecular weight is 440 g/mol. The summed E-state index contributed by atoms with van der Waals surface area (Å²) in [5.41, 5.74) is 2.63. The maximum Gasteiger partial charge on any atom is 0.280 e. The Morgan fingerprint density at radius 1 is 1.21 bits per heavy atom. The number of carbonyl (C=O) groups is 2. The molecule has 0 atom stereocenters. The van der Waals surface area contributed by atoms with Gasteiger partial charge in [-0.15, -0.1) is 0 Å². The van der Waals surface area contributed by atoms with Crippen LogP contribution in [0.15, 0.2) is 18.2 Å². The van der Waals surface area contributed by atoms with Gasteiger partial charge in [0.2, 0.25) is 5.91 Å². The number of hydrogen-bond donors (Lipinski definition) is 1. The van der Waals surface area contributed by atoms with Gasteiger partial charge in [-0.05, 0) is 55.4 Å². The van der Waals surface area contributed by atoms with Crippen LogP contribution in [0.25, 0.3) is 0 Å². The zero-order valence-electron chi connectivity index (χ0n) is 15.9. The lowest BCUT2D eigenvalue weighted by atomic mass is 9.95. The smallest absolute Gasteiger partial charge is 0.280 e. The Balaban J connectivity index is 1.88. The Bertz CT molecular complexity index is 878. The van der Waals surface area contributed by atoms with E-state index in [0.717, 1.165) is 48.3 Å². The molecule has 2 amide bonds. The number of benzene rings is 1. The van der Waals surface area contributed by atoms with Crippen LogP contribution in [0.5, 0.6) is 0 Å². The van der Waals surface area contributed by atoms with Gasteiger partial charge in [0.15, 0.2) is 5.69 Å². The summed E-state index contributed by atoms with van der Waals surface area (Å²) in [4.78, 5) is 27.4. The molecule has 8 heteroatoms. The lowest BCUT2D eigenvalue weighted by Gasteiger charge is -2.27. The van der Waals surface area contributed by atoms with Crippen molar-refractivity contribution in [1.82, 2.24) is 9.69 Å². The molecule has 1 fully saturated rings. The number of halogens is 2. The molecule has 1 aromatic carbocycles. The minimum absolute atomic E-state index is 0.0723. The molecule has 0 radical (unpaired) electrons. The molecule has 1 saturated carbocycles. The number of nitrogens with zero attached hydrogens (tertiary/aromatic N) is 2. The molecule has 0 bridgehead atoms. The Morgan fingerprint density at radius 3 is 2.57 bits per heavy atom. The fraction of sp³-hybridized carbons (Fsp3) is 0.450. The summed E-state index contributed by atoms with van der Waals surface area (Å²) in [6.07, 6.45) is 5.42. The van der Waals surface area contributed by atoms with Gasteiger partial charge in [-0.1, -0.05) is 54.6 Å². The zero-order valence-corrected chi connectivity index (χ0v) is 18.3. The molecule has 1 N–H and O–H groups in total. The Labute approximate surface area is 179 Å². The first-order valence-corrected chi connectivity index (χ1v) is 10.9. The van der Waals surface area contributed by atoms with E-state index < -0.39 is 5.91 Å². The van der Waals surface area contributed by atoms with E-state index in [-0.39, 0.29) is 33.5 Å². The van der Waals surface area contributed by atoms with Crippen LogP contribution < -0.4 is 10.2 Å². The minimum atomic E-state index is -0.430. The van der Waals surface area contributed by atoms with Crippen molar-refractivity contribution in [2.24, 2.45) is 0 Å². The molecule has 1 heterocycles. The number of hydrogen-bond acceptors (Lipinski definition) is 4. The highest BCUT2D eigenvalue weighted by Crippen LogP contribution is 2.32. The van der Waals surface area contributed by atoms with Crippen molar-refractivity contribution in [3.05, 3.63) is 44.4 Å². The molecule has 0 saturated heterocycles. The van der Waals surface area contributed by atoms with Crippen LogP contribution in [-0.4, -0.2) is 28.8 Å². The van der Waals surface area contributed by atoms with Gasteiger partial charge in [0.25, 0.3) is 5.91 Å². The Hall–Kier alpha value is -1.63. The third-order valence-electron chi connectivity index (χ3n) is 4.97. The van der Waals surface area contributed by atoms with Gasteiger partial charge in [0, 0.05) is 11.7 Å². The molecule has 5 nitrogen and oxygen atoms in total. The van der Waals surface area contributed by atoms with E-state index in [1.54, 1.807) is 0 Å². The van der Waals surface area contributed by atoms with Crippen LogP contribution in [0.3, 0.4) is 0 Å².